The Morgan fingerprint density at radius 1 is 1.62 bits per heavy atom. The van der Waals surface area contributed by atoms with Crippen molar-refractivity contribution in [3.05, 3.63) is 28.5 Å². The molecule has 0 aliphatic heterocycles. The number of nitrogens with zero attached hydrogens (tertiary/aromatic N) is 2. The van der Waals surface area contributed by atoms with Gasteiger partial charge in [-0.25, -0.2) is 4.98 Å². The maximum absolute atomic E-state index is 10.6. The zero-order valence-electron chi connectivity index (χ0n) is 6.99. The molecule has 0 aromatic carbocycles. The molecule has 0 fully saturated rings. The average Bonchev–Trinajstić information content (AvgIpc) is 2.45. The first-order valence-corrected chi connectivity index (χ1v) is 4.58. The second-order valence-corrected chi connectivity index (χ2v) is 3.63. The predicted molar refractivity (Wildman–Crippen MR) is 53.8 cm³/mol. The van der Waals surface area contributed by atoms with Crippen LogP contribution in [0.5, 0.6) is 0 Å². The smallest absolute Gasteiger partial charge is 0.166 e. The van der Waals surface area contributed by atoms with Gasteiger partial charge in [0.25, 0.3) is 0 Å². The van der Waals surface area contributed by atoms with E-state index in [2.05, 4.69) is 20.9 Å². The van der Waals surface area contributed by atoms with E-state index in [9.17, 15) is 4.79 Å². The molecule has 0 N–H and O–H groups in total. The molecule has 0 saturated heterocycles. The molecule has 0 aliphatic carbocycles. The van der Waals surface area contributed by atoms with Crippen molar-refractivity contribution in [3.63, 3.8) is 0 Å². The number of rotatable bonds is 1. The molecular formula is C9H7BrN2O. The summed E-state index contributed by atoms with van der Waals surface area (Å²) < 4.78 is 2.73. The third-order valence-electron chi connectivity index (χ3n) is 2.03. The lowest BCUT2D eigenvalue weighted by atomic mass is 10.3. The Bertz CT molecular complexity index is 476. The summed E-state index contributed by atoms with van der Waals surface area (Å²) in [6.07, 6.45) is 2.54. The number of pyridine rings is 1. The molecule has 0 unspecified atom stereocenters. The van der Waals surface area contributed by atoms with Gasteiger partial charge in [-0.3, -0.25) is 4.79 Å². The van der Waals surface area contributed by atoms with Gasteiger partial charge in [0.15, 0.2) is 6.29 Å². The van der Waals surface area contributed by atoms with Gasteiger partial charge in [-0.15, -0.1) is 0 Å². The number of aldehydes is 1. The van der Waals surface area contributed by atoms with Gasteiger partial charge in [0.05, 0.1) is 5.69 Å². The lowest BCUT2D eigenvalue weighted by Gasteiger charge is -1.96. The van der Waals surface area contributed by atoms with Gasteiger partial charge in [0.1, 0.15) is 5.65 Å². The molecule has 0 bridgehead atoms. The van der Waals surface area contributed by atoms with E-state index in [0.717, 1.165) is 21.8 Å². The molecule has 4 heteroatoms. The molecule has 0 saturated carbocycles. The van der Waals surface area contributed by atoms with Gasteiger partial charge >= 0.3 is 0 Å². The molecule has 2 heterocycles. The van der Waals surface area contributed by atoms with Crippen LogP contribution in [0.4, 0.5) is 0 Å². The van der Waals surface area contributed by atoms with Gasteiger partial charge in [-0.1, -0.05) is 0 Å². The van der Waals surface area contributed by atoms with E-state index in [1.165, 1.54) is 0 Å². The topological polar surface area (TPSA) is 34.9 Å². The zero-order valence-corrected chi connectivity index (χ0v) is 8.58. The van der Waals surface area contributed by atoms with Crippen LogP contribution in [0, 0.1) is 0 Å². The van der Waals surface area contributed by atoms with E-state index >= 15 is 0 Å². The highest BCUT2D eigenvalue weighted by Crippen LogP contribution is 2.23. The first-order chi connectivity index (χ1) is 6.24. The molecule has 0 aliphatic rings. The van der Waals surface area contributed by atoms with Crippen molar-refractivity contribution in [2.75, 3.05) is 0 Å². The van der Waals surface area contributed by atoms with E-state index in [-0.39, 0.29) is 0 Å². The number of aryl methyl sites for hydroxylation is 1. The summed E-state index contributed by atoms with van der Waals surface area (Å²) in [6.45, 7) is 0. The van der Waals surface area contributed by atoms with Crippen molar-refractivity contribution in [3.8, 4) is 0 Å². The normalized spacial score (nSPS) is 10.6. The number of hydrogen-bond donors (Lipinski definition) is 0. The van der Waals surface area contributed by atoms with Gasteiger partial charge in [-0.05, 0) is 28.1 Å². The lowest BCUT2D eigenvalue weighted by Crippen LogP contribution is -1.94. The fraction of sp³-hybridized carbons (Fsp3) is 0.111. The first-order valence-electron chi connectivity index (χ1n) is 3.79. The van der Waals surface area contributed by atoms with Gasteiger partial charge in [0, 0.05) is 23.1 Å². The standard InChI is InChI=1S/C9H7BrN2O/c1-12-6(5-13)4-7-8(10)2-3-11-9(7)12/h2-5H,1H3. The maximum atomic E-state index is 10.6. The Labute approximate surface area is 83.5 Å². The molecule has 0 atom stereocenters. The van der Waals surface area contributed by atoms with Gasteiger partial charge in [0.2, 0.25) is 0 Å². The Balaban J connectivity index is 2.91. The second-order valence-electron chi connectivity index (χ2n) is 2.78. The van der Waals surface area contributed by atoms with Crippen LogP contribution in [-0.2, 0) is 7.05 Å². The predicted octanol–water partition coefficient (Wildman–Crippen LogP) is 2.15. The van der Waals surface area contributed by atoms with E-state index < -0.39 is 0 Å². The van der Waals surface area contributed by atoms with Crippen molar-refractivity contribution in [2.45, 2.75) is 0 Å². The molecule has 0 radical (unpaired) electrons. The number of hydrogen-bond acceptors (Lipinski definition) is 2. The monoisotopic (exact) mass is 238 g/mol. The van der Waals surface area contributed by atoms with Gasteiger partial charge < -0.3 is 4.57 Å². The number of aromatic nitrogens is 2. The average molecular weight is 239 g/mol. The quantitative estimate of drug-likeness (QED) is 0.714. The number of carbonyl (C=O) groups is 1. The Hall–Kier alpha value is -1.16. The number of carbonyl (C=O) groups excluding carboxylic acids is 1. The van der Waals surface area contributed by atoms with Crippen LogP contribution in [0.25, 0.3) is 11.0 Å². The van der Waals surface area contributed by atoms with Crippen molar-refractivity contribution >= 4 is 33.2 Å². The van der Waals surface area contributed by atoms with Crippen LogP contribution in [0.15, 0.2) is 22.8 Å². The third kappa shape index (κ3) is 1.18. The number of fused-ring (bicyclic) bond motifs is 1. The van der Waals surface area contributed by atoms with Crippen molar-refractivity contribution in [1.29, 1.82) is 0 Å². The van der Waals surface area contributed by atoms with E-state index in [0.29, 0.717) is 5.69 Å². The van der Waals surface area contributed by atoms with E-state index in [1.54, 1.807) is 10.8 Å². The Morgan fingerprint density at radius 2 is 2.38 bits per heavy atom. The highest BCUT2D eigenvalue weighted by Gasteiger charge is 2.07. The van der Waals surface area contributed by atoms with Crippen molar-refractivity contribution in [2.24, 2.45) is 7.05 Å². The van der Waals surface area contributed by atoms with Crippen LogP contribution in [0.1, 0.15) is 10.5 Å². The summed E-state index contributed by atoms with van der Waals surface area (Å²) >= 11 is 3.40. The van der Waals surface area contributed by atoms with E-state index in [4.69, 9.17) is 0 Å². The fourth-order valence-electron chi connectivity index (χ4n) is 1.32. The van der Waals surface area contributed by atoms with Crippen molar-refractivity contribution < 1.29 is 4.79 Å². The minimum absolute atomic E-state index is 0.634. The maximum Gasteiger partial charge on any atom is 0.166 e. The lowest BCUT2D eigenvalue weighted by molar-refractivity contribution is 0.111. The van der Waals surface area contributed by atoms with Crippen LogP contribution < -0.4 is 0 Å². The molecule has 66 valence electrons. The molecule has 3 nitrogen and oxygen atoms in total. The van der Waals surface area contributed by atoms with E-state index in [1.807, 2.05) is 19.2 Å². The summed E-state index contributed by atoms with van der Waals surface area (Å²) in [4.78, 5) is 14.8. The molecule has 2 aromatic rings. The largest absolute Gasteiger partial charge is 0.326 e. The Morgan fingerprint density at radius 3 is 3.00 bits per heavy atom. The van der Waals surface area contributed by atoms with Crippen LogP contribution in [0.2, 0.25) is 0 Å². The Kier molecular flexibility index (Phi) is 1.92. The highest BCUT2D eigenvalue weighted by molar-refractivity contribution is 9.10. The first kappa shape index (κ1) is 8.44. The molecular weight excluding hydrogens is 232 g/mol. The van der Waals surface area contributed by atoms with Crippen LogP contribution in [0.3, 0.4) is 0 Å². The SMILES string of the molecule is Cn1c(C=O)cc2c(Br)ccnc21. The molecule has 13 heavy (non-hydrogen) atoms. The second kappa shape index (κ2) is 2.96. The molecule has 0 spiro atoms. The summed E-state index contributed by atoms with van der Waals surface area (Å²) in [7, 11) is 1.82. The summed E-state index contributed by atoms with van der Waals surface area (Å²) in [6, 6.07) is 3.68. The summed E-state index contributed by atoms with van der Waals surface area (Å²) in [5.74, 6) is 0. The summed E-state index contributed by atoms with van der Waals surface area (Å²) in [5, 5.41) is 0.965. The molecule has 2 rings (SSSR count). The van der Waals surface area contributed by atoms with Gasteiger partial charge in [-0.2, -0.15) is 0 Å². The molecule has 0 amide bonds. The minimum Gasteiger partial charge on any atom is -0.326 e. The molecule has 2 aromatic heterocycles. The minimum atomic E-state index is 0.634. The van der Waals surface area contributed by atoms with Crippen LogP contribution >= 0.6 is 15.9 Å². The zero-order chi connectivity index (χ0) is 9.42. The third-order valence-corrected chi connectivity index (χ3v) is 2.73. The fourth-order valence-corrected chi connectivity index (χ4v) is 1.73. The number of halogens is 1. The van der Waals surface area contributed by atoms with Crippen LogP contribution in [-0.4, -0.2) is 15.8 Å². The highest BCUT2D eigenvalue weighted by atomic mass is 79.9. The summed E-state index contributed by atoms with van der Waals surface area (Å²) in [5.41, 5.74) is 1.45. The van der Waals surface area contributed by atoms with Crippen molar-refractivity contribution in [1.82, 2.24) is 9.55 Å².